The molecule has 1 aromatic rings. The molecule has 0 bridgehead atoms. The van der Waals surface area contributed by atoms with Crippen LogP contribution in [0.15, 0.2) is 23.1 Å². The Labute approximate surface area is 123 Å². The van der Waals surface area contributed by atoms with Gasteiger partial charge in [0.25, 0.3) is 0 Å². The Hall–Kier alpha value is -1.64. The van der Waals surface area contributed by atoms with Crippen molar-refractivity contribution in [1.82, 2.24) is 4.72 Å². The van der Waals surface area contributed by atoms with Gasteiger partial charge < -0.3 is 15.6 Å². The zero-order valence-electron chi connectivity index (χ0n) is 11.6. The summed E-state index contributed by atoms with van der Waals surface area (Å²) in [5.74, 6) is -1.33. The number of methoxy groups -OCH3 is 1. The lowest BCUT2D eigenvalue weighted by molar-refractivity contribution is 0.0692. The van der Waals surface area contributed by atoms with Crippen molar-refractivity contribution in [3.8, 4) is 0 Å². The molecule has 0 aliphatic heterocycles. The fourth-order valence-corrected chi connectivity index (χ4v) is 3.96. The van der Waals surface area contributed by atoms with E-state index < -0.39 is 16.0 Å². The van der Waals surface area contributed by atoms with Gasteiger partial charge >= 0.3 is 5.97 Å². The normalized spacial score (nSPS) is 22.3. The Kier molecular flexibility index (Phi) is 4.50. The molecule has 1 saturated carbocycles. The first-order valence-corrected chi connectivity index (χ1v) is 7.99. The Morgan fingerprint density at radius 2 is 2.14 bits per heavy atom. The van der Waals surface area contributed by atoms with E-state index in [-0.39, 0.29) is 28.3 Å². The van der Waals surface area contributed by atoms with Crippen LogP contribution in [0, 0.1) is 0 Å². The minimum atomic E-state index is -3.91. The molecule has 2 atom stereocenters. The number of nitrogens with one attached hydrogen (secondary N) is 1. The van der Waals surface area contributed by atoms with Gasteiger partial charge in [0.05, 0.1) is 16.6 Å². The van der Waals surface area contributed by atoms with Crippen molar-refractivity contribution in [1.29, 1.82) is 0 Å². The molecule has 1 fully saturated rings. The third kappa shape index (κ3) is 3.52. The molecule has 116 valence electrons. The van der Waals surface area contributed by atoms with Crippen molar-refractivity contribution in [3.05, 3.63) is 23.8 Å². The van der Waals surface area contributed by atoms with E-state index in [0.29, 0.717) is 12.8 Å². The average Bonchev–Trinajstić information content (AvgIpc) is 2.85. The molecule has 21 heavy (non-hydrogen) atoms. The molecule has 7 nitrogen and oxygen atoms in total. The van der Waals surface area contributed by atoms with Crippen LogP contribution in [0.3, 0.4) is 0 Å². The number of hydrogen-bond acceptors (Lipinski definition) is 5. The van der Waals surface area contributed by atoms with Gasteiger partial charge in [0.15, 0.2) is 0 Å². The van der Waals surface area contributed by atoms with E-state index >= 15 is 0 Å². The maximum Gasteiger partial charge on any atom is 0.337 e. The second-order valence-electron chi connectivity index (χ2n) is 5.05. The number of benzene rings is 1. The lowest BCUT2D eigenvalue weighted by Gasteiger charge is -2.15. The smallest absolute Gasteiger partial charge is 0.337 e. The highest BCUT2D eigenvalue weighted by molar-refractivity contribution is 7.89. The molecule has 0 heterocycles. The van der Waals surface area contributed by atoms with Crippen LogP contribution in [0.4, 0.5) is 5.69 Å². The largest absolute Gasteiger partial charge is 0.478 e. The highest BCUT2D eigenvalue weighted by Gasteiger charge is 2.30. The van der Waals surface area contributed by atoms with Crippen molar-refractivity contribution in [2.24, 2.45) is 0 Å². The maximum atomic E-state index is 12.4. The monoisotopic (exact) mass is 314 g/mol. The number of carboxylic acid groups (broad SMARTS) is 1. The molecule has 4 N–H and O–H groups in total. The van der Waals surface area contributed by atoms with Gasteiger partial charge in [0.1, 0.15) is 0 Å². The van der Waals surface area contributed by atoms with E-state index in [1.54, 1.807) is 7.11 Å². The Morgan fingerprint density at radius 1 is 1.43 bits per heavy atom. The second kappa shape index (κ2) is 6.00. The number of aromatic carboxylic acids is 1. The van der Waals surface area contributed by atoms with Crippen LogP contribution >= 0.6 is 0 Å². The van der Waals surface area contributed by atoms with Gasteiger partial charge in [-0.2, -0.15) is 0 Å². The molecule has 8 heteroatoms. The predicted octanol–water partition coefficient (Wildman–Crippen LogP) is 0.813. The summed E-state index contributed by atoms with van der Waals surface area (Å²) in [6.07, 6.45) is 2.04. The SMILES string of the molecule is COC1CCC(NS(=O)(=O)c2ccc(N)cc2C(=O)O)C1. The lowest BCUT2D eigenvalue weighted by atomic mass is 10.2. The van der Waals surface area contributed by atoms with Crippen molar-refractivity contribution < 1.29 is 23.1 Å². The summed E-state index contributed by atoms with van der Waals surface area (Å²) >= 11 is 0. The number of nitrogens with two attached hydrogens (primary N) is 1. The van der Waals surface area contributed by atoms with E-state index in [1.807, 2.05) is 0 Å². The standard InChI is InChI=1S/C13H18N2O5S/c1-20-10-4-3-9(7-10)15-21(18,19)12-5-2-8(14)6-11(12)13(16)17/h2,5-6,9-10,15H,3-4,7,14H2,1H3,(H,16,17). The van der Waals surface area contributed by atoms with Gasteiger partial charge in [-0.15, -0.1) is 0 Å². The van der Waals surface area contributed by atoms with Crippen LogP contribution in [0.5, 0.6) is 0 Å². The number of carboxylic acids is 1. The summed E-state index contributed by atoms with van der Waals surface area (Å²) in [6.45, 7) is 0. The summed E-state index contributed by atoms with van der Waals surface area (Å²) in [5, 5.41) is 9.13. The van der Waals surface area contributed by atoms with Crippen LogP contribution in [0.2, 0.25) is 0 Å². The van der Waals surface area contributed by atoms with Crippen molar-refractivity contribution in [3.63, 3.8) is 0 Å². The van der Waals surface area contributed by atoms with Gasteiger partial charge in [-0.05, 0) is 37.5 Å². The van der Waals surface area contributed by atoms with Gasteiger partial charge in [0, 0.05) is 18.8 Å². The van der Waals surface area contributed by atoms with Crippen LogP contribution in [0.1, 0.15) is 29.6 Å². The lowest BCUT2D eigenvalue weighted by Crippen LogP contribution is -2.34. The molecule has 1 aliphatic carbocycles. The summed E-state index contributed by atoms with van der Waals surface area (Å²) in [5.41, 5.74) is 5.38. The molecule has 1 aliphatic rings. The molecule has 0 amide bonds. The molecule has 1 aromatic carbocycles. The molecular weight excluding hydrogens is 296 g/mol. The molecule has 0 aromatic heterocycles. The number of anilines is 1. The minimum absolute atomic E-state index is 0.0306. The number of carbonyl (C=O) groups is 1. The second-order valence-corrected chi connectivity index (χ2v) is 6.73. The van der Waals surface area contributed by atoms with Crippen molar-refractivity contribution in [2.75, 3.05) is 12.8 Å². The van der Waals surface area contributed by atoms with Gasteiger partial charge in [-0.3, -0.25) is 0 Å². The van der Waals surface area contributed by atoms with E-state index in [4.69, 9.17) is 15.6 Å². The fourth-order valence-electron chi connectivity index (χ4n) is 2.49. The summed E-state index contributed by atoms with van der Waals surface area (Å²) < 4.78 is 32.5. The topological polar surface area (TPSA) is 119 Å². The summed E-state index contributed by atoms with van der Waals surface area (Å²) in [6, 6.07) is 3.47. The van der Waals surface area contributed by atoms with Gasteiger partial charge in [0.2, 0.25) is 10.0 Å². The summed E-state index contributed by atoms with van der Waals surface area (Å²) in [4.78, 5) is 10.9. The highest BCUT2D eigenvalue weighted by Crippen LogP contribution is 2.25. The maximum absolute atomic E-state index is 12.4. The molecular formula is C13H18N2O5S. The van der Waals surface area contributed by atoms with Crippen LogP contribution in [-0.4, -0.2) is 38.7 Å². The van der Waals surface area contributed by atoms with Gasteiger partial charge in [-0.25, -0.2) is 17.9 Å². The van der Waals surface area contributed by atoms with Crippen LogP contribution in [-0.2, 0) is 14.8 Å². The van der Waals surface area contributed by atoms with Crippen molar-refractivity contribution in [2.45, 2.75) is 36.3 Å². The average molecular weight is 314 g/mol. The number of hydrogen-bond donors (Lipinski definition) is 3. The van der Waals surface area contributed by atoms with E-state index in [1.165, 1.54) is 12.1 Å². The van der Waals surface area contributed by atoms with Gasteiger partial charge in [-0.1, -0.05) is 0 Å². The van der Waals surface area contributed by atoms with Crippen LogP contribution in [0.25, 0.3) is 0 Å². The Bertz CT molecular complexity index is 644. The molecule has 2 unspecified atom stereocenters. The van der Waals surface area contributed by atoms with E-state index in [2.05, 4.69) is 4.72 Å². The number of rotatable bonds is 5. The zero-order valence-corrected chi connectivity index (χ0v) is 12.4. The molecule has 0 spiro atoms. The zero-order chi connectivity index (χ0) is 15.6. The van der Waals surface area contributed by atoms with E-state index in [0.717, 1.165) is 12.5 Å². The fraction of sp³-hybridized carbons (Fsp3) is 0.462. The first kappa shape index (κ1) is 15.7. The molecule has 0 radical (unpaired) electrons. The summed E-state index contributed by atoms with van der Waals surface area (Å²) in [7, 11) is -2.32. The van der Waals surface area contributed by atoms with Crippen molar-refractivity contribution >= 4 is 21.7 Å². The first-order valence-electron chi connectivity index (χ1n) is 6.51. The highest BCUT2D eigenvalue weighted by atomic mass is 32.2. The molecule has 2 rings (SSSR count). The molecule has 0 saturated heterocycles. The number of nitrogen functional groups attached to an aromatic ring is 1. The predicted molar refractivity (Wildman–Crippen MR) is 76.6 cm³/mol. The first-order chi connectivity index (χ1) is 9.83. The third-order valence-corrected chi connectivity index (χ3v) is 5.14. The van der Waals surface area contributed by atoms with E-state index in [9.17, 15) is 13.2 Å². The number of sulfonamides is 1. The minimum Gasteiger partial charge on any atom is -0.478 e. The Balaban J connectivity index is 2.26. The van der Waals surface area contributed by atoms with Crippen LogP contribution < -0.4 is 10.5 Å². The Morgan fingerprint density at radius 3 is 2.71 bits per heavy atom. The quantitative estimate of drug-likeness (QED) is 0.692. The third-order valence-electron chi connectivity index (χ3n) is 3.56. The number of ether oxygens (including phenoxy) is 1.